The van der Waals surface area contributed by atoms with Gasteiger partial charge in [-0.1, -0.05) is 19.9 Å². The third kappa shape index (κ3) is 3.64. The van der Waals surface area contributed by atoms with Gasteiger partial charge in [-0.3, -0.25) is 4.98 Å². The van der Waals surface area contributed by atoms with E-state index in [1.807, 2.05) is 37.6 Å². The highest BCUT2D eigenvalue weighted by Gasteiger charge is 2.13. The first-order chi connectivity index (χ1) is 9.06. The smallest absolute Gasteiger partial charge is 0.0952 e. The summed E-state index contributed by atoms with van der Waals surface area (Å²) in [5, 5.41) is 0. The molecule has 2 aromatic heterocycles. The SMILES string of the molecule is Cc1cccc(Cn2cncc2C(N)CC(C)C)n1. The number of nitrogens with zero attached hydrogens (tertiary/aromatic N) is 3. The van der Waals surface area contributed by atoms with E-state index in [4.69, 9.17) is 5.73 Å². The van der Waals surface area contributed by atoms with Crippen LogP contribution in [0.3, 0.4) is 0 Å². The molecule has 0 aliphatic carbocycles. The van der Waals surface area contributed by atoms with Gasteiger partial charge in [-0.15, -0.1) is 0 Å². The van der Waals surface area contributed by atoms with Gasteiger partial charge in [-0.05, 0) is 31.4 Å². The topological polar surface area (TPSA) is 56.7 Å². The molecule has 1 atom stereocenters. The van der Waals surface area contributed by atoms with Crippen molar-refractivity contribution >= 4 is 0 Å². The lowest BCUT2D eigenvalue weighted by Gasteiger charge is -2.16. The molecular weight excluding hydrogens is 236 g/mol. The quantitative estimate of drug-likeness (QED) is 0.897. The molecule has 2 heterocycles. The zero-order chi connectivity index (χ0) is 13.8. The second-order valence-corrected chi connectivity index (χ2v) is 5.45. The zero-order valence-corrected chi connectivity index (χ0v) is 11.9. The largest absolute Gasteiger partial charge is 0.327 e. The Morgan fingerprint density at radius 2 is 2.11 bits per heavy atom. The van der Waals surface area contributed by atoms with E-state index in [1.165, 1.54) is 0 Å². The van der Waals surface area contributed by atoms with Gasteiger partial charge in [-0.25, -0.2) is 4.98 Å². The standard InChI is InChI=1S/C15H22N4/c1-11(2)7-14(16)15-8-17-10-19(15)9-13-6-4-5-12(3)18-13/h4-6,8,10-11,14H,7,9,16H2,1-3H3. The van der Waals surface area contributed by atoms with Crippen molar-refractivity contribution in [3.8, 4) is 0 Å². The number of pyridine rings is 1. The molecule has 2 aromatic rings. The number of aromatic nitrogens is 3. The summed E-state index contributed by atoms with van der Waals surface area (Å²) in [5.41, 5.74) is 9.40. The average Bonchev–Trinajstić information content (AvgIpc) is 2.76. The van der Waals surface area contributed by atoms with Gasteiger partial charge in [0.1, 0.15) is 0 Å². The summed E-state index contributed by atoms with van der Waals surface area (Å²) < 4.78 is 2.09. The average molecular weight is 258 g/mol. The van der Waals surface area contributed by atoms with Crippen molar-refractivity contribution in [2.45, 2.75) is 39.8 Å². The molecule has 0 saturated heterocycles. The maximum atomic E-state index is 6.24. The van der Waals surface area contributed by atoms with E-state index in [0.717, 1.165) is 30.0 Å². The Morgan fingerprint density at radius 1 is 1.32 bits per heavy atom. The molecule has 0 radical (unpaired) electrons. The summed E-state index contributed by atoms with van der Waals surface area (Å²) in [5.74, 6) is 0.579. The van der Waals surface area contributed by atoms with E-state index < -0.39 is 0 Å². The summed E-state index contributed by atoms with van der Waals surface area (Å²) in [6.07, 6.45) is 4.66. The van der Waals surface area contributed by atoms with Crippen LogP contribution in [0, 0.1) is 12.8 Å². The summed E-state index contributed by atoms with van der Waals surface area (Å²) in [4.78, 5) is 8.74. The minimum absolute atomic E-state index is 0.0345. The molecule has 0 aliphatic rings. The molecule has 0 saturated carbocycles. The minimum atomic E-state index is 0.0345. The second-order valence-electron chi connectivity index (χ2n) is 5.45. The molecule has 2 N–H and O–H groups in total. The molecule has 4 nitrogen and oxygen atoms in total. The molecule has 19 heavy (non-hydrogen) atoms. The van der Waals surface area contributed by atoms with E-state index in [0.29, 0.717) is 5.92 Å². The number of hydrogen-bond donors (Lipinski definition) is 1. The molecule has 0 amide bonds. The lowest BCUT2D eigenvalue weighted by Crippen LogP contribution is -2.17. The molecule has 4 heteroatoms. The Hall–Kier alpha value is -1.68. The highest BCUT2D eigenvalue weighted by atomic mass is 15.1. The Labute approximate surface area is 114 Å². The van der Waals surface area contributed by atoms with Crippen LogP contribution in [0.5, 0.6) is 0 Å². The lowest BCUT2D eigenvalue weighted by molar-refractivity contribution is 0.488. The Morgan fingerprint density at radius 3 is 2.79 bits per heavy atom. The van der Waals surface area contributed by atoms with Gasteiger partial charge < -0.3 is 10.3 Å². The first kappa shape index (κ1) is 13.7. The van der Waals surface area contributed by atoms with Crippen molar-refractivity contribution in [2.75, 3.05) is 0 Å². The van der Waals surface area contributed by atoms with Crippen LogP contribution in [0.15, 0.2) is 30.7 Å². The Bertz CT molecular complexity index is 530. The third-order valence-electron chi connectivity index (χ3n) is 3.13. The maximum absolute atomic E-state index is 6.24. The van der Waals surface area contributed by atoms with Gasteiger partial charge in [0.15, 0.2) is 0 Å². The van der Waals surface area contributed by atoms with Gasteiger partial charge in [0.25, 0.3) is 0 Å². The molecule has 0 aromatic carbocycles. The van der Waals surface area contributed by atoms with Gasteiger partial charge in [0, 0.05) is 17.9 Å². The fourth-order valence-electron chi connectivity index (χ4n) is 2.26. The van der Waals surface area contributed by atoms with E-state index in [1.54, 1.807) is 0 Å². The van der Waals surface area contributed by atoms with Crippen LogP contribution >= 0.6 is 0 Å². The fraction of sp³-hybridized carbons (Fsp3) is 0.467. The lowest BCUT2D eigenvalue weighted by atomic mass is 10.0. The van der Waals surface area contributed by atoms with E-state index >= 15 is 0 Å². The fourth-order valence-corrected chi connectivity index (χ4v) is 2.26. The van der Waals surface area contributed by atoms with Crippen LogP contribution in [0.25, 0.3) is 0 Å². The summed E-state index contributed by atoms with van der Waals surface area (Å²) in [6, 6.07) is 6.10. The number of aryl methyl sites for hydroxylation is 1. The molecule has 1 unspecified atom stereocenters. The van der Waals surface area contributed by atoms with Crippen LogP contribution in [-0.4, -0.2) is 14.5 Å². The van der Waals surface area contributed by atoms with Crippen LogP contribution in [0.2, 0.25) is 0 Å². The number of rotatable bonds is 5. The van der Waals surface area contributed by atoms with Gasteiger partial charge >= 0.3 is 0 Å². The predicted molar refractivity (Wildman–Crippen MR) is 76.7 cm³/mol. The van der Waals surface area contributed by atoms with Crippen LogP contribution in [-0.2, 0) is 6.54 Å². The van der Waals surface area contributed by atoms with E-state index in [-0.39, 0.29) is 6.04 Å². The van der Waals surface area contributed by atoms with Crippen LogP contribution < -0.4 is 5.73 Å². The summed E-state index contributed by atoms with van der Waals surface area (Å²) in [7, 11) is 0. The number of hydrogen-bond acceptors (Lipinski definition) is 3. The summed E-state index contributed by atoms with van der Waals surface area (Å²) >= 11 is 0. The normalized spacial score (nSPS) is 12.9. The predicted octanol–water partition coefficient (Wildman–Crippen LogP) is 2.68. The van der Waals surface area contributed by atoms with Crippen molar-refractivity contribution in [1.82, 2.24) is 14.5 Å². The van der Waals surface area contributed by atoms with Crippen molar-refractivity contribution in [3.63, 3.8) is 0 Å². The van der Waals surface area contributed by atoms with Gasteiger partial charge in [0.05, 0.1) is 24.3 Å². The van der Waals surface area contributed by atoms with Crippen molar-refractivity contribution in [2.24, 2.45) is 11.7 Å². The van der Waals surface area contributed by atoms with E-state index in [9.17, 15) is 0 Å². The van der Waals surface area contributed by atoms with Crippen molar-refractivity contribution in [3.05, 3.63) is 47.8 Å². The molecule has 0 bridgehead atoms. The molecule has 0 aliphatic heterocycles. The maximum Gasteiger partial charge on any atom is 0.0952 e. The zero-order valence-electron chi connectivity index (χ0n) is 11.9. The number of nitrogens with two attached hydrogens (primary N) is 1. The third-order valence-corrected chi connectivity index (χ3v) is 3.13. The second kappa shape index (κ2) is 5.97. The molecule has 0 fully saturated rings. The first-order valence-electron chi connectivity index (χ1n) is 6.74. The minimum Gasteiger partial charge on any atom is -0.327 e. The van der Waals surface area contributed by atoms with Gasteiger partial charge in [-0.2, -0.15) is 0 Å². The Kier molecular flexibility index (Phi) is 4.32. The molecule has 102 valence electrons. The van der Waals surface area contributed by atoms with Crippen molar-refractivity contribution < 1.29 is 0 Å². The molecular formula is C15H22N4. The highest BCUT2D eigenvalue weighted by molar-refractivity contribution is 5.13. The molecule has 2 rings (SSSR count). The number of imidazole rings is 1. The monoisotopic (exact) mass is 258 g/mol. The van der Waals surface area contributed by atoms with Crippen LogP contribution in [0.1, 0.15) is 43.4 Å². The Balaban J connectivity index is 2.15. The molecule has 0 spiro atoms. The first-order valence-corrected chi connectivity index (χ1v) is 6.74. The summed E-state index contributed by atoms with van der Waals surface area (Å²) in [6.45, 7) is 7.09. The highest BCUT2D eigenvalue weighted by Crippen LogP contribution is 2.19. The van der Waals surface area contributed by atoms with Crippen molar-refractivity contribution in [1.29, 1.82) is 0 Å². The van der Waals surface area contributed by atoms with Crippen LogP contribution in [0.4, 0.5) is 0 Å². The van der Waals surface area contributed by atoms with E-state index in [2.05, 4.69) is 28.4 Å². The van der Waals surface area contributed by atoms with Gasteiger partial charge in [0.2, 0.25) is 0 Å².